The lowest BCUT2D eigenvalue weighted by Gasteiger charge is -2.32. The number of hydrogen-bond acceptors (Lipinski definition) is 5. The number of phenolic OH excluding ortho intramolecular Hbond substituents is 1. The molecule has 0 saturated carbocycles. The number of imide groups is 1. The minimum absolute atomic E-state index is 0.0644. The van der Waals surface area contributed by atoms with Crippen LogP contribution in [0.2, 0.25) is 0 Å². The van der Waals surface area contributed by atoms with E-state index in [9.17, 15) is 19.5 Å². The molecule has 1 heterocycles. The largest absolute Gasteiger partial charge is 0.508 e. The topological polar surface area (TPSA) is 98.7 Å². The number of nitrogens with zero attached hydrogens (tertiary/aromatic N) is 1. The molecule has 1 unspecified atom stereocenters. The van der Waals surface area contributed by atoms with E-state index in [-0.39, 0.29) is 23.1 Å². The Morgan fingerprint density at radius 2 is 1.77 bits per heavy atom. The first-order valence-electron chi connectivity index (χ1n) is 10.4. The van der Waals surface area contributed by atoms with Gasteiger partial charge in [-0.2, -0.15) is 0 Å². The highest BCUT2D eigenvalue weighted by Gasteiger charge is 2.41. The number of urea groups is 1. The molecule has 1 aliphatic heterocycles. The van der Waals surface area contributed by atoms with Crippen molar-refractivity contribution >= 4 is 17.7 Å². The van der Waals surface area contributed by atoms with E-state index in [1.165, 1.54) is 6.07 Å². The van der Waals surface area contributed by atoms with Crippen LogP contribution in [0.15, 0.2) is 18.2 Å². The number of Topliss-reactive ketones (excluding diaryl/α,β-unsaturated/α-hetero) is 1. The lowest BCUT2D eigenvalue weighted by molar-refractivity contribution is -0.129. The smallest absolute Gasteiger partial charge is 0.325 e. The van der Waals surface area contributed by atoms with Crippen LogP contribution in [0.1, 0.15) is 72.6 Å². The van der Waals surface area contributed by atoms with E-state index in [1.54, 1.807) is 26.0 Å². The maximum atomic E-state index is 13.0. The number of carbonyl (C=O) groups is 3. The van der Waals surface area contributed by atoms with E-state index >= 15 is 0 Å². The van der Waals surface area contributed by atoms with E-state index in [4.69, 9.17) is 0 Å². The summed E-state index contributed by atoms with van der Waals surface area (Å²) in [5.74, 6) is -0.369. The maximum Gasteiger partial charge on any atom is 0.325 e. The summed E-state index contributed by atoms with van der Waals surface area (Å²) in [5, 5.41) is 16.4. The fourth-order valence-electron chi connectivity index (χ4n) is 3.65. The van der Waals surface area contributed by atoms with E-state index in [0.717, 1.165) is 10.5 Å². The van der Waals surface area contributed by atoms with Gasteiger partial charge in [0.15, 0.2) is 5.78 Å². The highest BCUT2D eigenvalue weighted by Crippen LogP contribution is 2.31. The average molecular weight is 418 g/mol. The molecule has 0 radical (unpaired) electrons. The molecule has 1 saturated heterocycles. The zero-order valence-corrected chi connectivity index (χ0v) is 19.3. The normalized spacial score (nSPS) is 18.7. The summed E-state index contributed by atoms with van der Waals surface area (Å²) in [5.41, 5.74) is 0.354. The Morgan fingerprint density at radius 1 is 1.17 bits per heavy atom. The molecule has 0 aromatic heterocycles. The number of hydrogen-bond donors (Lipinski definition) is 3. The number of carbonyl (C=O) groups excluding carboxylic acids is 3. The van der Waals surface area contributed by atoms with Crippen molar-refractivity contribution in [2.45, 2.75) is 85.5 Å². The average Bonchev–Trinajstić information content (AvgIpc) is 2.87. The molecule has 7 nitrogen and oxygen atoms in total. The van der Waals surface area contributed by atoms with Gasteiger partial charge in [0.05, 0.1) is 6.04 Å². The van der Waals surface area contributed by atoms with Gasteiger partial charge in [-0.1, -0.05) is 26.8 Å². The quantitative estimate of drug-likeness (QED) is 0.617. The van der Waals surface area contributed by atoms with Gasteiger partial charge in [0.25, 0.3) is 5.91 Å². The molecule has 1 aromatic rings. The van der Waals surface area contributed by atoms with Crippen LogP contribution in [-0.4, -0.2) is 45.4 Å². The van der Waals surface area contributed by atoms with Gasteiger partial charge in [-0.15, -0.1) is 0 Å². The monoisotopic (exact) mass is 417 g/mol. The van der Waals surface area contributed by atoms with Crippen molar-refractivity contribution in [2.24, 2.45) is 5.41 Å². The van der Waals surface area contributed by atoms with E-state index in [0.29, 0.717) is 12.0 Å². The van der Waals surface area contributed by atoms with Crippen LogP contribution in [0.4, 0.5) is 4.79 Å². The number of phenols is 1. The summed E-state index contributed by atoms with van der Waals surface area (Å²) in [6.45, 7) is 15.2. The number of ketones is 1. The van der Waals surface area contributed by atoms with E-state index in [1.807, 2.05) is 41.5 Å². The van der Waals surface area contributed by atoms with Gasteiger partial charge < -0.3 is 15.7 Å². The minimum Gasteiger partial charge on any atom is -0.508 e. The molecule has 0 spiro atoms. The van der Waals surface area contributed by atoms with Crippen LogP contribution >= 0.6 is 0 Å². The van der Waals surface area contributed by atoms with Crippen LogP contribution in [0.25, 0.3) is 0 Å². The third kappa shape index (κ3) is 5.39. The molecule has 3 amide bonds. The second-order valence-electron chi connectivity index (χ2n) is 10.3. The van der Waals surface area contributed by atoms with Gasteiger partial charge in [-0.25, -0.2) is 4.79 Å². The Balaban J connectivity index is 2.36. The highest BCUT2D eigenvalue weighted by molar-refractivity contribution is 6.05. The molecule has 1 fully saturated rings. The van der Waals surface area contributed by atoms with Crippen molar-refractivity contribution in [3.8, 4) is 5.75 Å². The number of rotatable bonds is 6. The first-order valence-corrected chi connectivity index (χ1v) is 10.4. The number of benzene rings is 1. The fourth-order valence-corrected chi connectivity index (χ4v) is 3.65. The number of aromatic hydroxyl groups is 1. The van der Waals surface area contributed by atoms with Crippen molar-refractivity contribution in [1.29, 1.82) is 0 Å². The Kier molecular flexibility index (Phi) is 6.66. The summed E-state index contributed by atoms with van der Waals surface area (Å²) in [6.07, 6.45) is 0.406. The standard InChI is InChI=1S/C23H35N3O4/c1-13(2)26-20(29)18(24-21(26)30)15-11-14(9-10-17(15)27)12-16(25-23(6,7)8)19(28)22(3,4)5/h9-11,13,16,18,25,27H,12H2,1-8H3,(H,24,30)/t16-,18?/m0/s1. The second-order valence-corrected chi connectivity index (χ2v) is 10.3. The van der Waals surface area contributed by atoms with Gasteiger partial charge >= 0.3 is 6.03 Å². The van der Waals surface area contributed by atoms with Crippen molar-refractivity contribution in [3.05, 3.63) is 29.3 Å². The predicted molar refractivity (Wildman–Crippen MR) is 116 cm³/mol. The second kappa shape index (κ2) is 8.38. The molecule has 7 heteroatoms. The predicted octanol–water partition coefficient (Wildman–Crippen LogP) is 3.31. The molecule has 2 atom stereocenters. The third-order valence-corrected chi connectivity index (χ3v) is 4.99. The van der Waals surface area contributed by atoms with Gasteiger partial charge in [0, 0.05) is 22.6 Å². The van der Waals surface area contributed by atoms with Crippen LogP contribution in [0.3, 0.4) is 0 Å². The van der Waals surface area contributed by atoms with Crippen LogP contribution in [-0.2, 0) is 16.0 Å². The molecule has 0 bridgehead atoms. The lowest BCUT2D eigenvalue weighted by Crippen LogP contribution is -2.51. The zero-order valence-electron chi connectivity index (χ0n) is 19.3. The third-order valence-electron chi connectivity index (χ3n) is 4.99. The molecule has 166 valence electrons. The summed E-state index contributed by atoms with van der Waals surface area (Å²) >= 11 is 0. The molecule has 1 aromatic carbocycles. The highest BCUT2D eigenvalue weighted by atomic mass is 16.3. The molecular weight excluding hydrogens is 382 g/mol. The van der Waals surface area contributed by atoms with Crippen molar-refractivity contribution in [2.75, 3.05) is 0 Å². The maximum absolute atomic E-state index is 13.0. The van der Waals surface area contributed by atoms with Gasteiger partial charge in [-0.05, 0) is 58.7 Å². The Hall–Kier alpha value is -2.41. The Bertz CT molecular complexity index is 834. The summed E-state index contributed by atoms with van der Waals surface area (Å²) < 4.78 is 0. The number of amides is 3. The van der Waals surface area contributed by atoms with Crippen LogP contribution in [0.5, 0.6) is 5.75 Å². The summed E-state index contributed by atoms with van der Waals surface area (Å²) in [7, 11) is 0. The molecule has 2 rings (SSSR count). The zero-order chi connectivity index (χ0) is 23.0. The van der Waals surface area contributed by atoms with E-state index < -0.39 is 29.4 Å². The SMILES string of the molecule is CC(C)N1C(=O)NC(c2cc(C[C@H](NC(C)(C)C)C(=O)C(C)(C)C)ccc2O)C1=O. The minimum atomic E-state index is -0.938. The molecule has 0 aliphatic carbocycles. The Morgan fingerprint density at radius 3 is 2.23 bits per heavy atom. The molecular formula is C23H35N3O4. The molecule has 3 N–H and O–H groups in total. The van der Waals surface area contributed by atoms with Gasteiger partial charge in [-0.3, -0.25) is 14.5 Å². The number of nitrogens with one attached hydrogen (secondary N) is 2. The van der Waals surface area contributed by atoms with Gasteiger partial charge in [0.1, 0.15) is 11.8 Å². The van der Waals surface area contributed by atoms with Crippen LogP contribution in [0, 0.1) is 5.41 Å². The Labute approximate surface area is 179 Å². The van der Waals surface area contributed by atoms with Crippen molar-refractivity contribution < 1.29 is 19.5 Å². The van der Waals surface area contributed by atoms with Crippen molar-refractivity contribution in [3.63, 3.8) is 0 Å². The van der Waals surface area contributed by atoms with Gasteiger partial charge in [0.2, 0.25) is 0 Å². The van der Waals surface area contributed by atoms with Crippen molar-refractivity contribution in [1.82, 2.24) is 15.5 Å². The van der Waals surface area contributed by atoms with E-state index in [2.05, 4.69) is 10.6 Å². The first kappa shape index (κ1) is 23.9. The molecule has 1 aliphatic rings. The molecule has 30 heavy (non-hydrogen) atoms. The summed E-state index contributed by atoms with van der Waals surface area (Å²) in [4.78, 5) is 39.1. The summed E-state index contributed by atoms with van der Waals surface area (Å²) in [6, 6.07) is 2.84. The van der Waals surface area contributed by atoms with Crippen LogP contribution < -0.4 is 10.6 Å². The lowest BCUT2D eigenvalue weighted by atomic mass is 9.83. The fraction of sp³-hybridized carbons (Fsp3) is 0.609. The first-order chi connectivity index (χ1) is 13.6.